The summed E-state index contributed by atoms with van der Waals surface area (Å²) in [6.07, 6.45) is -4.58. The van der Waals surface area contributed by atoms with Crippen molar-refractivity contribution >= 4 is 22.8 Å². The summed E-state index contributed by atoms with van der Waals surface area (Å²) in [5, 5.41) is 12.3. The molecule has 0 unspecified atom stereocenters. The van der Waals surface area contributed by atoms with Gasteiger partial charge >= 0.3 is 12.1 Å². The summed E-state index contributed by atoms with van der Waals surface area (Å²) in [6, 6.07) is 6.09. The Hall–Kier alpha value is -3.76. The third-order valence-corrected chi connectivity index (χ3v) is 4.38. The van der Waals surface area contributed by atoms with Crippen LogP contribution in [-0.2, 0) is 12.7 Å². The second kappa shape index (κ2) is 8.54. The molecule has 3 aromatic rings. The SMILES string of the molecule is COc1cc(CNc2nc3ccc(C(F)(F)F)cc3nc2C(=O)O)cc(OC)c1OC. The van der Waals surface area contributed by atoms with Crippen molar-refractivity contribution in [1.29, 1.82) is 0 Å². The Kier molecular flexibility index (Phi) is 6.04. The van der Waals surface area contributed by atoms with Crippen molar-refractivity contribution in [3.05, 3.63) is 47.2 Å². The first kappa shape index (κ1) is 21.9. The highest BCUT2D eigenvalue weighted by molar-refractivity contribution is 5.94. The molecule has 0 atom stereocenters. The van der Waals surface area contributed by atoms with Crippen LogP contribution in [0.2, 0.25) is 0 Å². The van der Waals surface area contributed by atoms with Gasteiger partial charge < -0.3 is 24.6 Å². The molecule has 31 heavy (non-hydrogen) atoms. The van der Waals surface area contributed by atoms with Gasteiger partial charge in [-0.2, -0.15) is 13.2 Å². The number of fused-ring (bicyclic) bond motifs is 1. The lowest BCUT2D eigenvalue weighted by Gasteiger charge is -2.15. The van der Waals surface area contributed by atoms with E-state index in [1.807, 2.05) is 0 Å². The molecule has 0 amide bonds. The fourth-order valence-electron chi connectivity index (χ4n) is 2.93. The monoisotopic (exact) mass is 437 g/mol. The van der Waals surface area contributed by atoms with Gasteiger partial charge in [0.1, 0.15) is 0 Å². The summed E-state index contributed by atoms with van der Waals surface area (Å²) in [7, 11) is 4.38. The molecule has 164 valence electrons. The van der Waals surface area contributed by atoms with E-state index in [0.717, 1.165) is 18.2 Å². The van der Waals surface area contributed by atoms with Crippen LogP contribution in [0.5, 0.6) is 17.2 Å². The second-order valence-electron chi connectivity index (χ2n) is 6.31. The predicted octanol–water partition coefficient (Wildman–Crippen LogP) is 3.98. The van der Waals surface area contributed by atoms with Crippen molar-refractivity contribution in [2.24, 2.45) is 0 Å². The summed E-state index contributed by atoms with van der Waals surface area (Å²) in [5.74, 6) is -0.318. The molecule has 3 rings (SSSR count). The van der Waals surface area contributed by atoms with Crippen LogP contribution >= 0.6 is 0 Å². The number of nitrogens with one attached hydrogen (secondary N) is 1. The Morgan fingerprint density at radius 3 is 2.16 bits per heavy atom. The number of carbonyl (C=O) groups is 1. The van der Waals surface area contributed by atoms with E-state index in [9.17, 15) is 23.1 Å². The Bertz CT molecular complexity index is 1110. The van der Waals surface area contributed by atoms with E-state index in [1.54, 1.807) is 12.1 Å². The zero-order valence-electron chi connectivity index (χ0n) is 16.7. The molecular formula is C20H18F3N3O5. The number of carboxylic acids is 1. The van der Waals surface area contributed by atoms with Gasteiger partial charge in [-0.25, -0.2) is 14.8 Å². The van der Waals surface area contributed by atoms with Crippen LogP contribution in [0.15, 0.2) is 30.3 Å². The number of ether oxygens (including phenoxy) is 3. The van der Waals surface area contributed by atoms with E-state index in [4.69, 9.17) is 14.2 Å². The van der Waals surface area contributed by atoms with Crippen LogP contribution in [0.25, 0.3) is 11.0 Å². The van der Waals surface area contributed by atoms with Gasteiger partial charge in [-0.15, -0.1) is 0 Å². The maximum absolute atomic E-state index is 12.9. The first-order valence-corrected chi connectivity index (χ1v) is 8.83. The quantitative estimate of drug-likeness (QED) is 0.572. The van der Waals surface area contributed by atoms with Crippen molar-refractivity contribution < 1.29 is 37.3 Å². The molecule has 0 aliphatic rings. The number of nitrogens with zero attached hydrogens (tertiary/aromatic N) is 2. The Morgan fingerprint density at radius 1 is 1.00 bits per heavy atom. The number of aromatic carboxylic acids is 1. The third-order valence-electron chi connectivity index (χ3n) is 4.38. The maximum atomic E-state index is 12.9. The molecule has 0 fully saturated rings. The van der Waals surface area contributed by atoms with E-state index in [-0.39, 0.29) is 23.4 Å². The van der Waals surface area contributed by atoms with Crippen molar-refractivity contribution in [3.8, 4) is 17.2 Å². The van der Waals surface area contributed by atoms with Gasteiger partial charge in [-0.1, -0.05) is 0 Å². The number of anilines is 1. The van der Waals surface area contributed by atoms with Crippen molar-refractivity contribution in [1.82, 2.24) is 9.97 Å². The van der Waals surface area contributed by atoms with E-state index in [0.29, 0.717) is 22.8 Å². The van der Waals surface area contributed by atoms with Crippen LogP contribution in [0.1, 0.15) is 21.6 Å². The fourth-order valence-corrected chi connectivity index (χ4v) is 2.93. The molecule has 2 aromatic carbocycles. The highest BCUT2D eigenvalue weighted by Crippen LogP contribution is 2.38. The maximum Gasteiger partial charge on any atom is 0.416 e. The Morgan fingerprint density at radius 2 is 1.65 bits per heavy atom. The van der Waals surface area contributed by atoms with Gasteiger partial charge in [-0.05, 0) is 35.9 Å². The number of rotatable bonds is 7. The lowest BCUT2D eigenvalue weighted by atomic mass is 10.1. The molecule has 1 aromatic heterocycles. The van der Waals surface area contributed by atoms with Crippen LogP contribution < -0.4 is 19.5 Å². The molecular weight excluding hydrogens is 419 g/mol. The van der Waals surface area contributed by atoms with Crippen LogP contribution in [0, 0.1) is 0 Å². The van der Waals surface area contributed by atoms with Gasteiger partial charge in [0.15, 0.2) is 23.0 Å². The minimum absolute atomic E-state index is 0.0893. The van der Waals surface area contributed by atoms with E-state index >= 15 is 0 Å². The molecule has 1 heterocycles. The van der Waals surface area contributed by atoms with Crippen LogP contribution in [0.4, 0.5) is 19.0 Å². The average Bonchev–Trinajstić information content (AvgIpc) is 2.74. The first-order valence-electron chi connectivity index (χ1n) is 8.83. The summed E-state index contributed by atoms with van der Waals surface area (Å²) in [5.41, 5.74) is -0.848. The number of alkyl halides is 3. The summed E-state index contributed by atoms with van der Waals surface area (Å²) in [4.78, 5) is 19.6. The number of carboxylic acid groups (broad SMARTS) is 1. The van der Waals surface area contributed by atoms with Crippen molar-refractivity contribution in [2.75, 3.05) is 26.6 Å². The number of benzene rings is 2. The summed E-state index contributed by atoms with van der Waals surface area (Å²) >= 11 is 0. The van der Waals surface area contributed by atoms with Gasteiger partial charge in [-0.3, -0.25) is 0 Å². The molecule has 0 aliphatic heterocycles. The van der Waals surface area contributed by atoms with Crippen molar-refractivity contribution in [2.45, 2.75) is 12.7 Å². The summed E-state index contributed by atoms with van der Waals surface area (Å²) in [6.45, 7) is 0.109. The molecule has 8 nitrogen and oxygen atoms in total. The topological polar surface area (TPSA) is 103 Å². The molecule has 0 aliphatic carbocycles. The minimum Gasteiger partial charge on any atom is -0.493 e. The molecule has 0 saturated carbocycles. The zero-order valence-corrected chi connectivity index (χ0v) is 16.7. The number of hydrogen-bond donors (Lipinski definition) is 2. The van der Waals surface area contributed by atoms with Gasteiger partial charge in [0.2, 0.25) is 5.75 Å². The highest BCUT2D eigenvalue weighted by atomic mass is 19.4. The average molecular weight is 437 g/mol. The molecule has 0 bridgehead atoms. The second-order valence-corrected chi connectivity index (χ2v) is 6.31. The van der Waals surface area contributed by atoms with Gasteiger partial charge in [0, 0.05) is 6.54 Å². The first-order chi connectivity index (χ1) is 14.7. The van der Waals surface area contributed by atoms with Gasteiger partial charge in [0.25, 0.3) is 0 Å². The van der Waals surface area contributed by atoms with E-state index in [2.05, 4.69) is 15.3 Å². The molecule has 2 N–H and O–H groups in total. The molecule has 11 heteroatoms. The summed E-state index contributed by atoms with van der Waals surface area (Å²) < 4.78 is 54.6. The third kappa shape index (κ3) is 4.55. The highest BCUT2D eigenvalue weighted by Gasteiger charge is 2.31. The predicted molar refractivity (Wildman–Crippen MR) is 105 cm³/mol. The largest absolute Gasteiger partial charge is 0.493 e. The standard InChI is InChI=1S/C20H18F3N3O5/c1-29-14-6-10(7-15(30-2)17(14)31-3)9-24-18-16(19(27)28)25-13-8-11(20(21,22)23)4-5-12(13)26-18/h4-8H,9H2,1-3H3,(H,24,26)(H,27,28). The molecule has 0 spiro atoms. The number of hydrogen-bond acceptors (Lipinski definition) is 7. The Labute approximate surface area is 174 Å². The molecule has 0 saturated heterocycles. The van der Waals surface area contributed by atoms with E-state index in [1.165, 1.54) is 21.3 Å². The minimum atomic E-state index is -4.58. The number of methoxy groups -OCH3 is 3. The van der Waals surface area contributed by atoms with Gasteiger partial charge in [0.05, 0.1) is 37.9 Å². The van der Waals surface area contributed by atoms with Crippen LogP contribution in [-0.4, -0.2) is 42.4 Å². The smallest absolute Gasteiger partial charge is 0.416 e. The van der Waals surface area contributed by atoms with Crippen molar-refractivity contribution in [3.63, 3.8) is 0 Å². The van der Waals surface area contributed by atoms with E-state index < -0.39 is 23.4 Å². The number of aromatic nitrogens is 2. The normalized spacial score (nSPS) is 11.3. The fraction of sp³-hybridized carbons (Fsp3) is 0.250. The lowest BCUT2D eigenvalue weighted by molar-refractivity contribution is -0.137. The molecule has 0 radical (unpaired) electrons. The van der Waals surface area contributed by atoms with Crippen LogP contribution in [0.3, 0.4) is 0 Å². The lowest BCUT2D eigenvalue weighted by Crippen LogP contribution is -2.12. The zero-order chi connectivity index (χ0) is 22.8. The number of halogens is 3. The Balaban J connectivity index is 1.97.